The third-order valence-corrected chi connectivity index (χ3v) is 3.03. The van der Waals surface area contributed by atoms with E-state index in [4.69, 9.17) is 10.5 Å². The predicted octanol–water partition coefficient (Wildman–Crippen LogP) is 0.809. The van der Waals surface area contributed by atoms with Crippen molar-refractivity contribution in [3.63, 3.8) is 0 Å². The minimum atomic E-state index is -0.554. The average molecular weight is 234 g/mol. The smallest absolute Gasteiger partial charge is 0.324 e. The molecule has 0 radical (unpaired) electrons. The normalized spacial score (nSPS) is 21.1. The van der Waals surface area contributed by atoms with Gasteiger partial charge in [0.05, 0.1) is 0 Å². The van der Waals surface area contributed by atoms with Crippen LogP contribution in [0.5, 0.6) is 0 Å². The second-order valence-electron chi connectivity index (χ2n) is 4.32. The third-order valence-electron chi connectivity index (χ3n) is 3.03. The van der Waals surface area contributed by atoms with Crippen molar-refractivity contribution in [2.45, 2.75) is 31.5 Å². The fourth-order valence-electron chi connectivity index (χ4n) is 2.01. The molecule has 4 heteroatoms. The van der Waals surface area contributed by atoms with E-state index in [-0.39, 0.29) is 12.0 Å². The first-order valence-corrected chi connectivity index (χ1v) is 5.97. The van der Waals surface area contributed by atoms with Gasteiger partial charge in [-0.1, -0.05) is 30.3 Å². The van der Waals surface area contributed by atoms with Crippen LogP contribution in [-0.2, 0) is 16.1 Å². The Morgan fingerprint density at radius 3 is 2.88 bits per heavy atom. The van der Waals surface area contributed by atoms with Gasteiger partial charge in [0.15, 0.2) is 0 Å². The molecule has 0 spiro atoms. The van der Waals surface area contributed by atoms with E-state index in [1.165, 1.54) is 0 Å². The SMILES string of the molecule is NC(C(=O)OCc1ccccc1)[C@H]1CCCN1. The quantitative estimate of drug-likeness (QED) is 0.757. The van der Waals surface area contributed by atoms with Gasteiger partial charge in [-0.25, -0.2) is 0 Å². The van der Waals surface area contributed by atoms with Crippen molar-refractivity contribution in [1.29, 1.82) is 0 Å². The van der Waals surface area contributed by atoms with Gasteiger partial charge in [0.25, 0.3) is 0 Å². The van der Waals surface area contributed by atoms with E-state index in [0.717, 1.165) is 24.9 Å². The predicted molar refractivity (Wildman–Crippen MR) is 65.2 cm³/mol. The number of hydrogen-bond donors (Lipinski definition) is 2. The lowest BCUT2D eigenvalue weighted by atomic mass is 10.1. The maximum Gasteiger partial charge on any atom is 0.324 e. The minimum absolute atomic E-state index is 0.0678. The van der Waals surface area contributed by atoms with Crippen LogP contribution >= 0.6 is 0 Å². The van der Waals surface area contributed by atoms with Gasteiger partial charge in [-0.3, -0.25) is 4.79 Å². The minimum Gasteiger partial charge on any atom is -0.460 e. The van der Waals surface area contributed by atoms with Crippen molar-refractivity contribution in [1.82, 2.24) is 5.32 Å². The van der Waals surface area contributed by atoms with Crippen LogP contribution in [0.25, 0.3) is 0 Å². The summed E-state index contributed by atoms with van der Waals surface area (Å²) in [5.41, 5.74) is 6.83. The molecule has 1 aromatic rings. The van der Waals surface area contributed by atoms with Gasteiger partial charge < -0.3 is 15.8 Å². The van der Waals surface area contributed by atoms with Crippen LogP contribution in [-0.4, -0.2) is 24.6 Å². The van der Waals surface area contributed by atoms with Gasteiger partial charge in [-0.05, 0) is 24.9 Å². The van der Waals surface area contributed by atoms with Crippen molar-refractivity contribution >= 4 is 5.97 Å². The van der Waals surface area contributed by atoms with E-state index in [1.807, 2.05) is 30.3 Å². The highest BCUT2D eigenvalue weighted by Gasteiger charge is 2.28. The summed E-state index contributed by atoms with van der Waals surface area (Å²) >= 11 is 0. The highest BCUT2D eigenvalue weighted by atomic mass is 16.5. The Morgan fingerprint density at radius 1 is 1.47 bits per heavy atom. The van der Waals surface area contributed by atoms with E-state index < -0.39 is 6.04 Å². The Morgan fingerprint density at radius 2 is 2.24 bits per heavy atom. The zero-order valence-electron chi connectivity index (χ0n) is 9.76. The monoisotopic (exact) mass is 234 g/mol. The first-order valence-electron chi connectivity index (χ1n) is 5.97. The molecule has 1 unspecified atom stereocenters. The van der Waals surface area contributed by atoms with Crippen molar-refractivity contribution in [3.8, 4) is 0 Å². The Bertz CT molecular complexity index is 361. The zero-order chi connectivity index (χ0) is 12.1. The van der Waals surface area contributed by atoms with Crippen LogP contribution in [0.1, 0.15) is 18.4 Å². The summed E-state index contributed by atoms with van der Waals surface area (Å²) in [6.45, 7) is 1.23. The molecule has 1 saturated heterocycles. The molecule has 0 amide bonds. The molecule has 3 N–H and O–H groups in total. The molecule has 1 aliphatic rings. The number of carbonyl (C=O) groups is 1. The van der Waals surface area contributed by atoms with E-state index in [9.17, 15) is 4.79 Å². The van der Waals surface area contributed by atoms with Crippen molar-refractivity contribution in [2.75, 3.05) is 6.54 Å². The number of nitrogens with one attached hydrogen (secondary N) is 1. The summed E-state index contributed by atoms with van der Waals surface area (Å²) in [5.74, 6) is -0.326. The van der Waals surface area contributed by atoms with E-state index in [2.05, 4.69) is 5.32 Å². The molecule has 4 nitrogen and oxygen atoms in total. The zero-order valence-corrected chi connectivity index (χ0v) is 9.76. The number of carbonyl (C=O) groups excluding carboxylic acids is 1. The Hall–Kier alpha value is -1.39. The van der Waals surface area contributed by atoms with Crippen LogP contribution < -0.4 is 11.1 Å². The summed E-state index contributed by atoms with van der Waals surface area (Å²) in [6.07, 6.45) is 2.02. The molecule has 1 aliphatic heterocycles. The molecule has 1 fully saturated rings. The van der Waals surface area contributed by atoms with E-state index in [0.29, 0.717) is 6.61 Å². The summed E-state index contributed by atoms with van der Waals surface area (Å²) < 4.78 is 5.20. The standard InChI is InChI=1S/C13H18N2O2/c14-12(11-7-4-8-15-11)13(16)17-9-10-5-2-1-3-6-10/h1-3,5-6,11-12,15H,4,7-9,14H2/t11-,12?/m1/s1. The molecule has 0 aromatic heterocycles. The molecule has 92 valence electrons. The lowest BCUT2D eigenvalue weighted by molar-refractivity contribution is -0.147. The van der Waals surface area contributed by atoms with Gasteiger partial charge in [0, 0.05) is 6.04 Å². The van der Waals surface area contributed by atoms with Crippen LogP contribution in [0.2, 0.25) is 0 Å². The van der Waals surface area contributed by atoms with Gasteiger partial charge in [0.2, 0.25) is 0 Å². The third kappa shape index (κ3) is 3.28. The molecular weight excluding hydrogens is 216 g/mol. The number of nitrogens with two attached hydrogens (primary N) is 1. The van der Waals surface area contributed by atoms with Crippen molar-refractivity contribution in [3.05, 3.63) is 35.9 Å². The number of ether oxygens (including phenoxy) is 1. The molecule has 1 aromatic carbocycles. The molecular formula is C13H18N2O2. The van der Waals surface area contributed by atoms with Crippen LogP contribution in [0.15, 0.2) is 30.3 Å². The Balaban J connectivity index is 1.80. The van der Waals surface area contributed by atoms with Crippen LogP contribution in [0.4, 0.5) is 0 Å². The topological polar surface area (TPSA) is 64.4 Å². The largest absolute Gasteiger partial charge is 0.460 e. The molecule has 2 atom stereocenters. The lowest BCUT2D eigenvalue weighted by Crippen LogP contribution is -2.47. The fourth-order valence-corrected chi connectivity index (χ4v) is 2.01. The van der Waals surface area contributed by atoms with Crippen LogP contribution in [0.3, 0.4) is 0 Å². The maximum atomic E-state index is 11.7. The second kappa shape index (κ2) is 5.80. The lowest BCUT2D eigenvalue weighted by Gasteiger charge is -2.17. The van der Waals surface area contributed by atoms with Crippen molar-refractivity contribution in [2.24, 2.45) is 5.73 Å². The van der Waals surface area contributed by atoms with Gasteiger partial charge >= 0.3 is 5.97 Å². The summed E-state index contributed by atoms with van der Waals surface area (Å²) in [7, 11) is 0. The molecule has 0 bridgehead atoms. The highest BCUT2D eigenvalue weighted by Crippen LogP contribution is 2.10. The van der Waals surface area contributed by atoms with Crippen LogP contribution in [0, 0.1) is 0 Å². The Labute approximate surface area is 101 Å². The molecule has 0 saturated carbocycles. The summed E-state index contributed by atoms with van der Waals surface area (Å²) in [6, 6.07) is 9.13. The van der Waals surface area contributed by atoms with Gasteiger partial charge in [0.1, 0.15) is 12.6 Å². The molecule has 1 heterocycles. The Kier molecular flexibility index (Phi) is 4.12. The number of benzene rings is 1. The van der Waals surface area contributed by atoms with Gasteiger partial charge in [-0.15, -0.1) is 0 Å². The summed E-state index contributed by atoms with van der Waals surface area (Å²) in [4.78, 5) is 11.7. The number of esters is 1. The molecule has 2 rings (SSSR count). The second-order valence-corrected chi connectivity index (χ2v) is 4.32. The summed E-state index contributed by atoms with van der Waals surface area (Å²) in [5, 5.41) is 3.21. The molecule has 17 heavy (non-hydrogen) atoms. The fraction of sp³-hybridized carbons (Fsp3) is 0.462. The van der Waals surface area contributed by atoms with Crippen molar-refractivity contribution < 1.29 is 9.53 Å². The first-order chi connectivity index (χ1) is 8.27. The highest BCUT2D eigenvalue weighted by molar-refractivity contribution is 5.76. The molecule has 0 aliphatic carbocycles. The first kappa shape index (κ1) is 12.1. The average Bonchev–Trinajstić information content (AvgIpc) is 2.90. The van der Waals surface area contributed by atoms with E-state index >= 15 is 0 Å². The number of hydrogen-bond acceptors (Lipinski definition) is 4. The maximum absolute atomic E-state index is 11.7. The van der Waals surface area contributed by atoms with Gasteiger partial charge in [-0.2, -0.15) is 0 Å². The van der Waals surface area contributed by atoms with E-state index in [1.54, 1.807) is 0 Å². The number of rotatable bonds is 4.